The number of amides is 1. The average Bonchev–Trinajstić information content (AvgIpc) is 2.36. The Morgan fingerprint density at radius 3 is 2.29 bits per heavy atom. The molecule has 0 aliphatic rings. The van der Waals surface area contributed by atoms with Crippen molar-refractivity contribution >= 4 is 5.91 Å². The lowest BCUT2D eigenvalue weighted by Gasteiger charge is -2.22. The van der Waals surface area contributed by atoms with Gasteiger partial charge in [-0.1, -0.05) is 33.6 Å². The molecule has 0 saturated heterocycles. The summed E-state index contributed by atoms with van der Waals surface area (Å²) in [4.78, 5) is 13.7. The number of nitrogens with one attached hydrogen (secondary N) is 1. The van der Waals surface area contributed by atoms with Crippen LogP contribution in [0.1, 0.15) is 59.3 Å². The van der Waals surface area contributed by atoms with Crippen molar-refractivity contribution in [2.45, 2.75) is 59.3 Å². The highest BCUT2D eigenvalue weighted by Gasteiger charge is 2.09. The molecular weight excluding hydrogens is 212 g/mol. The van der Waals surface area contributed by atoms with Gasteiger partial charge in [-0.05, 0) is 32.4 Å². The van der Waals surface area contributed by atoms with Crippen molar-refractivity contribution in [3.05, 3.63) is 0 Å². The third kappa shape index (κ3) is 9.16. The molecule has 0 radical (unpaired) electrons. The Bertz CT molecular complexity index is 183. The summed E-state index contributed by atoms with van der Waals surface area (Å²) in [5.41, 5.74) is 0. The molecule has 1 amide bonds. The summed E-state index contributed by atoms with van der Waals surface area (Å²) in [6, 6.07) is 0. The average molecular weight is 242 g/mol. The van der Waals surface area contributed by atoms with Crippen molar-refractivity contribution in [2.24, 2.45) is 0 Å². The molecule has 102 valence electrons. The predicted molar refractivity (Wildman–Crippen MR) is 74.2 cm³/mol. The molecule has 0 aliphatic carbocycles. The summed E-state index contributed by atoms with van der Waals surface area (Å²) in [6.07, 6.45) is 6.50. The van der Waals surface area contributed by atoms with E-state index in [-0.39, 0.29) is 0 Å². The first-order chi connectivity index (χ1) is 8.26. The van der Waals surface area contributed by atoms with Crippen molar-refractivity contribution < 1.29 is 4.79 Å². The van der Waals surface area contributed by atoms with Crippen molar-refractivity contribution in [3.8, 4) is 0 Å². The zero-order valence-corrected chi connectivity index (χ0v) is 11.9. The molecule has 0 aromatic heterocycles. The van der Waals surface area contributed by atoms with Crippen LogP contribution in [0, 0.1) is 0 Å². The second kappa shape index (κ2) is 11.9. The molecule has 0 aromatic rings. The SMILES string of the molecule is CCCCN(CCCCCNCC)C(=O)CC. The number of hydrogen-bond acceptors (Lipinski definition) is 2. The van der Waals surface area contributed by atoms with E-state index in [1.165, 1.54) is 12.8 Å². The molecule has 3 heteroatoms. The molecule has 0 spiro atoms. The van der Waals surface area contributed by atoms with Gasteiger partial charge in [-0.2, -0.15) is 0 Å². The minimum atomic E-state index is 0.310. The van der Waals surface area contributed by atoms with Crippen LogP contribution in [0.25, 0.3) is 0 Å². The van der Waals surface area contributed by atoms with Crippen LogP contribution in [-0.2, 0) is 4.79 Å². The van der Waals surface area contributed by atoms with Crippen LogP contribution in [0.4, 0.5) is 0 Å². The molecule has 17 heavy (non-hydrogen) atoms. The molecule has 0 aromatic carbocycles. The van der Waals surface area contributed by atoms with Gasteiger partial charge < -0.3 is 10.2 Å². The van der Waals surface area contributed by atoms with Crippen LogP contribution < -0.4 is 5.32 Å². The topological polar surface area (TPSA) is 32.3 Å². The van der Waals surface area contributed by atoms with Crippen molar-refractivity contribution in [2.75, 3.05) is 26.2 Å². The Morgan fingerprint density at radius 1 is 1.00 bits per heavy atom. The zero-order valence-electron chi connectivity index (χ0n) is 11.9. The first-order valence-corrected chi connectivity index (χ1v) is 7.24. The lowest BCUT2D eigenvalue weighted by Crippen LogP contribution is -2.32. The van der Waals surface area contributed by atoms with E-state index < -0.39 is 0 Å². The summed E-state index contributed by atoms with van der Waals surface area (Å²) in [5.74, 6) is 0.310. The van der Waals surface area contributed by atoms with E-state index in [1.807, 2.05) is 11.8 Å². The van der Waals surface area contributed by atoms with Crippen molar-refractivity contribution in [1.29, 1.82) is 0 Å². The van der Waals surface area contributed by atoms with Crippen LogP contribution >= 0.6 is 0 Å². The van der Waals surface area contributed by atoms with E-state index in [4.69, 9.17) is 0 Å². The van der Waals surface area contributed by atoms with E-state index in [2.05, 4.69) is 19.2 Å². The Morgan fingerprint density at radius 2 is 1.71 bits per heavy atom. The monoisotopic (exact) mass is 242 g/mol. The number of carbonyl (C=O) groups is 1. The van der Waals surface area contributed by atoms with E-state index in [9.17, 15) is 4.79 Å². The summed E-state index contributed by atoms with van der Waals surface area (Å²) in [5, 5.41) is 3.32. The van der Waals surface area contributed by atoms with Gasteiger partial charge >= 0.3 is 0 Å². The highest BCUT2D eigenvalue weighted by atomic mass is 16.2. The van der Waals surface area contributed by atoms with Crippen LogP contribution in [0.3, 0.4) is 0 Å². The lowest BCUT2D eigenvalue weighted by molar-refractivity contribution is -0.131. The Balaban J connectivity index is 3.64. The molecule has 0 fully saturated rings. The quantitative estimate of drug-likeness (QED) is 0.565. The van der Waals surface area contributed by atoms with E-state index >= 15 is 0 Å². The summed E-state index contributed by atoms with van der Waals surface area (Å²) >= 11 is 0. The number of unbranched alkanes of at least 4 members (excludes halogenated alkanes) is 3. The fraction of sp³-hybridized carbons (Fsp3) is 0.929. The van der Waals surface area contributed by atoms with Gasteiger partial charge in [0.25, 0.3) is 0 Å². The first kappa shape index (κ1) is 16.4. The van der Waals surface area contributed by atoms with Gasteiger partial charge in [0.05, 0.1) is 0 Å². The molecule has 0 saturated carbocycles. The minimum Gasteiger partial charge on any atom is -0.343 e. The number of hydrogen-bond donors (Lipinski definition) is 1. The second-order valence-corrected chi connectivity index (χ2v) is 4.50. The van der Waals surface area contributed by atoms with Crippen LogP contribution in [0.5, 0.6) is 0 Å². The molecule has 0 unspecified atom stereocenters. The van der Waals surface area contributed by atoms with Crippen LogP contribution in [0.2, 0.25) is 0 Å². The number of nitrogens with zero attached hydrogens (tertiary/aromatic N) is 1. The fourth-order valence-electron chi connectivity index (χ4n) is 1.84. The standard InChI is InChI=1S/C14H30N2O/c1-4-7-12-16(14(17)5-2)13-10-8-9-11-15-6-3/h15H,4-13H2,1-3H3. The maximum atomic E-state index is 11.7. The minimum absolute atomic E-state index is 0.310. The molecule has 3 nitrogen and oxygen atoms in total. The van der Waals surface area contributed by atoms with Gasteiger partial charge in [-0.3, -0.25) is 4.79 Å². The molecule has 0 atom stereocenters. The highest BCUT2D eigenvalue weighted by Crippen LogP contribution is 2.03. The molecule has 0 rings (SSSR count). The smallest absolute Gasteiger partial charge is 0.222 e. The van der Waals surface area contributed by atoms with E-state index in [0.717, 1.165) is 45.4 Å². The van der Waals surface area contributed by atoms with Gasteiger partial charge in [0.1, 0.15) is 0 Å². The maximum Gasteiger partial charge on any atom is 0.222 e. The third-order valence-corrected chi connectivity index (χ3v) is 2.97. The summed E-state index contributed by atoms with van der Waals surface area (Å²) < 4.78 is 0. The van der Waals surface area contributed by atoms with Gasteiger partial charge in [0.2, 0.25) is 5.91 Å². The highest BCUT2D eigenvalue weighted by molar-refractivity contribution is 5.75. The Hall–Kier alpha value is -0.570. The second-order valence-electron chi connectivity index (χ2n) is 4.50. The predicted octanol–water partition coefficient (Wildman–Crippen LogP) is 2.80. The largest absolute Gasteiger partial charge is 0.343 e. The maximum absolute atomic E-state index is 11.7. The van der Waals surface area contributed by atoms with Crippen LogP contribution in [0.15, 0.2) is 0 Å². The Labute approximate surface area is 107 Å². The third-order valence-electron chi connectivity index (χ3n) is 2.97. The van der Waals surface area contributed by atoms with Gasteiger partial charge in [0.15, 0.2) is 0 Å². The van der Waals surface area contributed by atoms with Crippen molar-refractivity contribution in [1.82, 2.24) is 10.2 Å². The van der Waals surface area contributed by atoms with Gasteiger partial charge in [-0.15, -0.1) is 0 Å². The molecule has 0 heterocycles. The van der Waals surface area contributed by atoms with Crippen LogP contribution in [-0.4, -0.2) is 37.0 Å². The molecule has 0 aliphatic heterocycles. The summed E-state index contributed by atoms with van der Waals surface area (Å²) in [6.45, 7) is 10.3. The Kier molecular flexibility index (Phi) is 11.5. The van der Waals surface area contributed by atoms with Gasteiger partial charge in [0, 0.05) is 19.5 Å². The molecule has 1 N–H and O–H groups in total. The number of carbonyl (C=O) groups excluding carboxylic acids is 1. The fourth-order valence-corrected chi connectivity index (χ4v) is 1.84. The summed E-state index contributed by atoms with van der Waals surface area (Å²) in [7, 11) is 0. The van der Waals surface area contributed by atoms with Gasteiger partial charge in [-0.25, -0.2) is 0 Å². The van der Waals surface area contributed by atoms with Crippen molar-refractivity contribution in [3.63, 3.8) is 0 Å². The first-order valence-electron chi connectivity index (χ1n) is 7.24. The van der Waals surface area contributed by atoms with E-state index in [1.54, 1.807) is 0 Å². The molecule has 0 bridgehead atoms. The number of rotatable bonds is 11. The normalized spacial score (nSPS) is 10.5. The van der Waals surface area contributed by atoms with E-state index in [0.29, 0.717) is 12.3 Å². The molecular formula is C14H30N2O. The lowest BCUT2D eigenvalue weighted by atomic mass is 10.2. The zero-order chi connectivity index (χ0) is 12.9.